The second-order valence-electron chi connectivity index (χ2n) is 2.13. The number of urea groups is 2. The Morgan fingerprint density at radius 1 is 1.00 bits per heavy atom. The van der Waals surface area contributed by atoms with E-state index in [-0.39, 0.29) is 0 Å². The van der Waals surface area contributed by atoms with Gasteiger partial charge in [-0.1, -0.05) is 0 Å². The lowest BCUT2D eigenvalue weighted by atomic mass is 10.5. The molecular weight excluding hydrogens is 172 g/mol. The van der Waals surface area contributed by atoms with Gasteiger partial charge in [-0.2, -0.15) is 20.0 Å². The summed E-state index contributed by atoms with van der Waals surface area (Å²) >= 11 is 0. The van der Waals surface area contributed by atoms with Gasteiger partial charge in [0.1, 0.15) is 0 Å². The first kappa shape index (κ1) is 9.11. The predicted molar refractivity (Wildman–Crippen MR) is 49.4 cm³/mol. The van der Waals surface area contributed by atoms with Crippen molar-refractivity contribution >= 4 is 36.4 Å². The quantitative estimate of drug-likeness (QED) is 0.552. The normalized spacial score (nSPS) is 17.5. The number of carbonyl (C=O) groups excluding carboxylic acids is 2. The zero-order valence-corrected chi connectivity index (χ0v) is 6.84. The predicted octanol–water partition coefficient (Wildman–Crippen LogP) is 0.913. The zero-order valence-electron chi connectivity index (χ0n) is 6.84. The van der Waals surface area contributed by atoms with E-state index in [2.05, 4.69) is 20.0 Å². The van der Waals surface area contributed by atoms with Gasteiger partial charge in [0.15, 0.2) is 0 Å². The molecule has 6 heteroatoms. The highest BCUT2D eigenvalue weighted by atomic mass is 16.2. The summed E-state index contributed by atoms with van der Waals surface area (Å²) in [5.74, 6) is 0. The Morgan fingerprint density at radius 3 is 1.77 bits per heavy atom. The van der Waals surface area contributed by atoms with Crippen LogP contribution in [0.15, 0.2) is 20.0 Å². The summed E-state index contributed by atoms with van der Waals surface area (Å²) in [5, 5.41) is 0. The van der Waals surface area contributed by atoms with E-state index in [1.54, 1.807) is 6.92 Å². The van der Waals surface area contributed by atoms with Crippen LogP contribution in [0.1, 0.15) is 6.92 Å². The fourth-order valence-electron chi connectivity index (χ4n) is 0.585. The van der Waals surface area contributed by atoms with Gasteiger partial charge >= 0.3 is 12.1 Å². The summed E-state index contributed by atoms with van der Waals surface area (Å²) in [6, 6.07) is -0.799. The fraction of sp³-hybridized carbons (Fsp3) is 0.143. The summed E-state index contributed by atoms with van der Waals surface area (Å²) in [6.45, 7) is 1.73. The van der Waals surface area contributed by atoms with Crippen molar-refractivity contribution in [1.29, 1.82) is 0 Å². The van der Waals surface area contributed by atoms with Crippen molar-refractivity contribution in [3.05, 3.63) is 0 Å². The maximum Gasteiger partial charge on any atom is 0.367 e. The summed E-state index contributed by atoms with van der Waals surface area (Å²) in [4.78, 5) is 33.2. The molecule has 0 bridgehead atoms. The van der Waals surface area contributed by atoms with Crippen LogP contribution in [0.2, 0.25) is 0 Å². The van der Waals surface area contributed by atoms with Crippen LogP contribution in [0.3, 0.4) is 0 Å². The van der Waals surface area contributed by atoms with E-state index in [0.717, 1.165) is 0 Å². The van der Waals surface area contributed by atoms with Crippen LogP contribution in [-0.2, 0) is 0 Å². The van der Waals surface area contributed by atoms with E-state index in [4.69, 9.17) is 0 Å². The lowest BCUT2D eigenvalue weighted by Gasteiger charge is -1.68. The van der Waals surface area contributed by atoms with Crippen LogP contribution in [0.5, 0.6) is 0 Å². The van der Waals surface area contributed by atoms with Gasteiger partial charge < -0.3 is 0 Å². The molecule has 4 amide bonds. The van der Waals surface area contributed by atoms with Gasteiger partial charge in [-0.05, 0) is 6.92 Å². The number of carbonyl (C=O) groups is 2. The number of hydrogen-bond acceptors (Lipinski definition) is 2. The second kappa shape index (κ2) is 4.15. The van der Waals surface area contributed by atoms with Crippen LogP contribution in [-0.4, -0.2) is 36.4 Å². The third kappa shape index (κ3) is 3.28. The standard InChI is InChI=1S/C4H4N2O.C3H2N2O/c1-3-2-5-4(7)6-3;6-3-4-1-2-5-3/h2H,1H3;1-2H. The summed E-state index contributed by atoms with van der Waals surface area (Å²) in [6.07, 6.45) is 4.17. The first-order chi connectivity index (χ1) is 6.18. The lowest BCUT2D eigenvalue weighted by Crippen LogP contribution is -1.83. The SMILES string of the molecule is CC1=NC(=O)N=C1.O=C1N=CC=N1. The Hall–Kier alpha value is -1.98. The molecule has 2 aliphatic rings. The number of hydrogen-bond donors (Lipinski definition) is 0. The highest BCUT2D eigenvalue weighted by Gasteiger charge is 1.99. The molecule has 0 atom stereocenters. The second-order valence-corrected chi connectivity index (χ2v) is 2.13. The van der Waals surface area contributed by atoms with Crippen molar-refractivity contribution in [1.82, 2.24) is 0 Å². The number of amides is 4. The van der Waals surface area contributed by atoms with E-state index >= 15 is 0 Å². The largest absolute Gasteiger partial charge is 0.367 e. The molecule has 0 aliphatic carbocycles. The third-order valence-electron chi connectivity index (χ3n) is 1.07. The Balaban J connectivity index is 0.000000132. The molecule has 0 aromatic carbocycles. The van der Waals surface area contributed by atoms with Crippen LogP contribution in [0.25, 0.3) is 0 Å². The summed E-state index contributed by atoms with van der Waals surface area (Å²) < 4.78 is 0. The monoisotopic (exact) mass is 178 g/mol. The van der Waals surface area contributed by atoms with Gasteiger partial charge in [0.25, 0.3) is 0 Å². The van der Waals surface area contributed by atoms with E-state index in [0.29, 0.717) is 5.71 Å². The molecule has 2 rings (SSSR count). The van der Waals surface area contributed by atoms with Crippen LogP contribution in [0, 0.1) is 0 Å². The maximum atomic E-state index is 10.1. The molecule has 13 heavy (non-hydrogen) atoms. The van der Waals surface area contributed by atoms with Crippen LogP contribution in [0.4, 0.5) is 9.59 Å². The van der Waals surface area contributed by atoms with Crippen molar-refractivity contribution in [2.75, 3.05) is 0 Å². The number of aliphatic imine (C=N–C) groups is 4. The molecule has 2 heterocycles. The molecule has 66 valence electrons. The van der Waals surface area contributed by atoms with Gasteiger partial charge in [-0.3, -0.25) is 0 Å². The Bertz CT molecular complexity index is 338. The number of rotatable bonds is 0. The molecule has 0 saturated carbocycles. The van der Waals surface area contributed by atoms with Crippen LogP contribution < -0.4 is 0 Å². The Labute approximate surface area is 73.8 Å². The maximum absolute atomic E-state index is 10.1. The molecule has 0 saturated heterocycles. The molecule has 0 fully saturated rings. The Morgan fingerprint density at radius 2 is 1.62 bits per heavy atom. The average Bonchev–Trinajstić information content (AvgIpc) is 2.64. The van der Waals surface area contributed by atoms with Crippen molar-refractivity contribution in [3.8, 4) is 0 Å². The summed E-state index contributed by atoms with van der Waals surface area (Å²) in [5.41, 5.74) is 0.685. The minimum absolute atomic E-state index is 0.391. The first-order valence-corrected chi connectivity index (χ1v) is 3.42. The third-order valence-corrected chi connectivity index (χ3v) is 1.07. The lowest BCUT2D eigenvalue weighted by molar-refractivity contribution is 0.256. The molecule has 0 unspecified atom stereocenters. The molecule has 0 radical (unpaired) electrons. The first-order valence-electron chi connectivity index (χ1n) is 3.42. The fourth-order valence-corrected chi connectivity index (χ4v) is 0.585. The van der Waals surface area contributed by atoms with E-state index in [1.165, 1.54) is 18.6 Å². The molecular formula is C7H6N4O2. The van der Waals surface area contributed by atoms with Crippen molar-refractivity contribution in [2.45, 2.75) is 6.92 Å². The van der Waals surface area contributed by atoms with Gasteiger partial charge in [0.2, 0.25) is 0 Å². The highest BCUT2D eigenvalue weighted by Crippen LogP contribution is 1.89. The minimum atomic E-state index is -0.407. The molecule has 6 nitrogen and oxygen atoms in total. The van der Waals surface area contributed by atoms with Crippen molar-refractivity contribution < 1.29 is 9.59 Å². The molecule has 0 aromatic rings. The van der Waals surface area contributed by atoms with E-state index < -0.39 is 12.1 Å². The number of nitrogens with zero attached hydrogens (tertiary/aromatic N) is 4. The molecule has 0 N–H and O–H groups in total. The van der Waals surface area contributed by atoms with Gasteiger partial charge in [-0.25, -0.2) is 9.59 Å². The molecule has 2 aliphatic heterocycles. The van der Waals surface area contributed by atoms with Crippen molar-refractivity contribution in [3.63, 3.8) is 0 Å². The topological polar surface area (TPSA) is 83.6 Å². The van der Waals surface area contributed by atoms with E-state index in [1.807, 2.05) is 0 Å². The van der Waals surface area contributed by atoms with Gasteiger partial charge in [0, 0.05) is 0 Å². The molecule has 0 spiro atoms. The summed E-state index contributed by atoms with van der Waals surface area (Å²) in [7, 11) is 0. The smallest absolute Gasteiger partial charge is 0.244 e. The Kier molecular flexibility index (Phi) is 2.91. The molecule has 0 aromatic heterocycles. The van der Waals surface area contributed by atoms with Gasteiger partial charge in [0.05, 0.1) is 24.4 Å². The van der Waals surface area contributed by atoms with Crippen LogP contribution >= 0.6 is 0 Å². The van der Waals surface area contributed by atoms with Crippen molar-refractivity contribution in [2.24, 2.45) is 20.0 Å². The average molecular weight is 178 g/mol. The zero-order chi connectivity index (χ0) is 9.68. The van der Waals surface area contributed by atoms with Gasteiger partial charge in [-0.15, -0.1) is 0 Å². The van der Waals surface area contributed by atoms with E-state index in [9.17, 15) is 9.59 Å². The highest BCUT2D eigenvalue weighted by molar-refractivity contribution is 6.36. The minimum Gasteiger partial charge on any atom is -0.244 e.